The van der Waals surface area contributed by atoms with Gasteiger partial charge in [0.2, 0.25) is 5.75 Å². The number of hydrogen-bond acceptors (Lipinski definition) is 7. The second-order valence-electron chi connectivity index (χ2n) is 5.61. The van der Waals surface area contributed by atoms with Gasteiger partial charge in [0.05, 0.1) is 27.5 Å². The minimum atomic E-state index is -3.70. The molecule has 1 aliphatic heterocycles. The number of fused-ring (bicyclic) bond motifs is 1. The van der Waals surface area contributed by atoms with Crippen LogP contribution in [0.2, 0.25) is 0 Å². The highest BCUT2D eigenvalue weighted by Gasteiger charge is 2.30. The average molecular weight is 389 g/mol. The molecule has 2 aromatic rings. The first-order valence-corrected chi connectivity index (χ1v) is 9.37. The summed E-state index contributed by atoms with van der Waals surface area (Å²) in [4.78, 5) is 0.176. The summed E-state index contributed by atoms with van der Waals surface area (Å²) >= 11 is 0. The minimum Gasteiger partial charge on any atom is -0.493 e. The fraction of sp³-hybridized carbons (Fsp3) is 0.222. The van der Waals surface area contributed by atoms with E-state index in [1.54, 1.807) is 43.6 Å². The van der Waals surface area contributed by atoms with E-state index in [0.717, 1.165) is 0 Å². The van der Waals surface area contributed by atoms with Crippen molar-refractivity contribution in [3.63, 3.8) is 0 Å². The molecule has 3 rings (SSSR count). The number of hydrazone groups is 1. The zero-order chi connectivity index (χ0) is 19.6. The predicted octanol–water partition coefficient (Wildman–Crippen LogP) is 2.13. The van der Waals surface area contributed by atoms with Gasteiger partial charge in [-0.15, -0.1) is 4.40 Å². The Bertz CT molecular complexity index is 1010. The Kier molecular flexibility index (Phi) is 5.04. The summed E-state index contributed by atoms with van der Waals surface area (Å²) in [5.74, 6) is 1.72. The van der Waals surface area contributed by atoms with E-state index in [-0.39, 0.29) is 10.7 Å². The molecule has 0 radical (unpaired) electrons. The molecular weight excluding hydrogens is 370 g/mol. The van der Waals surface area contributed by atoms with Gasteiger partial charge in [-0.25, -0.2) is 5.01 Å². The second kappa shape index (κ2) is 7.28. The van der Waals surface area contributed by atoms with Crippen molar-refractivity contribution in [2.24, 2.45) is 9.50 Å². The third-order valence-electron chi connectivity index (χ3n) is 3.99. The van der Waals surface area contributed by atoms with E-state index < -0.39 is 10.0 Å². The SMILES string of the molecule is COc1cc(/C=N/N(C)C2=NS(=O)(=O)c3ccccc32)cc(OC)c1OC. The van der Waals surface area contributed by atoms with Gasteiger partial charge in [-0.2, -0.15) is 13.5 Å². The molecule has 0 spiro atoms. The Labute approximate surface area is 157 Å². The monoisotopic (exact) mass is 389 g/mol. The van der Waals surface area contributed by atoms with E-state index in [4.69, 9.17) is 14.2 Å². The van der Waals surface area contributed by atoms with Crippen LogP contribution < -0.4 is 14.2 Å². The molecular formula is C18H19N3O5S. The van der Waals surface area contributed by atoms with Crippen LogP contribution in [0.5, 0.6) is 17.2 Å². The Balaban J connectivity index is 1.93. The molecule has 142 valence electrons. The third-order valence-corrected chi connectivity index (χ3v) is 5.31. The van der Waals surface area contributed by atoms with Crippen molar-refractivity contribution in [1.29, 1.82) is 0 Å². The molecule has 0 aromatic heterocycles. The van der Waals surface area contributed by atoms with Crippen LogP contribution in [-0.2, 0) is 10.0 Å². The summed E-state index contributed by atoms with van der Waals surface area (Å²) in [7, 11) is 2.51. The molecule has 1 aliphatic rings. The first-order valence-electron chi connectivity index (χ1n) is 7.93. The van der Waals surface area contributed by atoms with Crippen molar-refractivity contribution in [3.05, 3.63) is 47.5 Å². The first-order chi connectivity index (χ1) is 12.9. The number of hydrogen-bond donors (Lipinski definition) is 0. The highest BCUT2D eigenvalue weighted by atomic mass is 32.2. The highest BCUT2D eigenvalue weighted by molar-refractivity contribution is 7.90. The molecule has 0 amide bonds. The molecule has 2 aromatic carbocycles. The van der Waals surface area contributed by atoms with Crippen LogP contribution >= 0.6 is 0 Å². The van der Waals surface area contributed by atoms with E-state index in [9.17, 15) is 8.42 Å². The molecule has 0 N–H and O–H groups in total. The highest BCUT2D eigenvalue weighted by Crippen LogP contribution is 2.37. The largest absolute Gasteiger partial charge is 0.493 e. The number of rotatable bonds is 5. The van der Waals surface area contributed by atoms with Crippen LogP contribution in [0.3, 0.4) is 0 Å². The summed E-state index contributed by atoms with van der Waals surface area (Å²) in [5, 5.41) is 5.72. The maximum absolute atomic E-state index is 12.2. The second-order valence-corrected chi connectivity index (χ2v) is 7.19. The van der Waals surface area contributed by atoms with E-state index in [1.807, 2.05) is 0 Å². The van der Waals surface area contributed by atoms with Gasteiger partial charge >= 0.3 is 0 Å². The molecule has 8 nitrogen and oxygen atoms in total. The molecule has 0 aliphatic carbocycles. The molecule has 27 heavy (non-hydrogen) atoms. The Hall–Kier alpha value is -3.07. The molecule has 0 saturated heterocycles. The summed E-state index contributed by atoms with van der Waals surface area (Å²) in [6.07, 6.45) is 1.56. The fourth-order valence-electron chi connectivity index (χ4n) is 2.71. The minimum absolute atomic E-state index is 0.176. The lowest BCUT2D eigenvalue weighted by Gasteiger charge is -2.14. The summed E-state index contributed by atoms with van der Waals surface area (Å²) in [6, 6.07) is 10.1. The van der Waals surface area contributed by atoms with E-state index in [0.29, 0.717) is 28.4 Å². The van der Waals surface area contributed by atoms with Gasteiger partial charge in [-0.05, 0) is 24.3 Å². The Morgan fingerprint density at radius 2 is 1.67 bits per heavy atom. The molecule has 9 heteroatoms. The number of benzene rings is 2. The number of nitrogens with zero attached hydrogens (tertiary/aromatic N) is 3. The normalized spacial score (nSPS) is 14.6. The van der Waals surface area contributed by atoms with Crippen molar-refractivity contribution < 1.29 is 22.6 Å². The average Bonchev–Trinajstić information content (AvgIpc) is 2.96. The standard InChI is InChI=1S/C18H19N3O5S/c1-21(18-13-7-5-6-8-16(13)27(22,23)20-18)19-11-12-9-14(24-2)17(26-4)15(10-12)25-3/h5-11H,1-4H3/b19-11+. The zero-order valence-electron chi connectivity index (χ0n) is 15.3. The quantitative estimate of drug-likeness (QED) is 0.575. The number of methoxy groups -OCH3 is 3. The maximum Gasteiger partial charge on any atom is 0.285 e. The van der Waals surface area contributed by atoms with E-state index in [2.05, 4.69) is 9.50 Å². The Morgan fingerprint density at radius 3 is 2.26 bits per heavy atom. The van der Waals surface area contributed by atoms with Crippen LogP contribution in [0.1, 0.15) is 11.1 Å². The van der Waals surface area contributed by atoms with Gasteiger partial charge < -0.3 is 14.2 Å². The molecule has 0 atom stereocenters. The fourth-order valence-corrected chi connectivity index (χ4v) is 3.94. The molecule has 0 fully saturated rings. The summed E-state index contributed by atoms with van der Waals surface area (Å²) < 4.78 is 44.1. The molecule has 0 bridgehead atoms. The van der Waals surface area contributed by atoms with Crippen LogP contribution in [0.25, 0.3) is 0 Å². The molecule has 1 heterocycles. The van der Waals surface area contributed by atoms with Gasteiger partial charge in [0, 0.05) is 18.2 Å². The lowest BCUT2D eigenvalue weighted by molar-refractivity contribution is 0.324. The van der Waals surface area contributed by atoms with Crippen LogP contribution in [0.4, 0.5) is 0 Å². The number of amidine groups is 1. The van der Waals surface area contributed by atoms with Crippen LogP contribution in [0, 0.1) is 0 Å². The molecule has 0 unspecified atom stereocenters. The lowest BCUT2D eigenvalue weighted by Crippen LogP contribution is -2.21. The first kappa shape index (κ1) is 18.7. The number of ether oxygens (including phenoxy) is 3. The van der Waals surface area contributed by atoms with Crippen molar-refractivity contribution >= 4 is 22.1 Å². The van der Waals surface area contributed by atoms with Gasteiger partial charge in [0.25, 0.3) is 10.0 Å². The van der Waals surface area contributed by atoms with Crippen LogP contribution in [0.15, 0.2) is 50.8 Å². The zero-order valence-corrected chi connectivity index (χ0v) is 16.1. The van der Waals surface area contributed by atoms with Crippen molar-refractivity contribution in [1.82, 2.24) is 5.01 Å². The van der Waals surface area contributed by atoms with Crippen LogP contribution in [-0.4, -0.2) is 53.9 Å². The van der Waals surface area contributed by atoms with E-state index in [1.165, 1.54) is 32.4 Å². The smallest absolute Gasteiger partial charge is 0.285 e. The van der Waals surface area contributed by atoms with Crippen molar-refractivity contribution in [3.8, 4) is 17.2 Å². The van der Waals surface area contributed by atoms with Crippen molar-refractivity contribution in [2.75, 3.05) is 28.4 Å². The van der Waals surface area contributed by atoms with Gasteiger partial charge in [-0.1, -0.05) is 12.1 Å². The topological polar surface area (TPSA) is 89.8 Å². The summed E-state index contributed by atoms with van der Waals surface area (Å²) in [6.45, 7) is 0. The maximum atomic E-state index is 12.2. The lowest BCUT2D eigenvalue weighted by atomic mass is 10.2. The van der Waals surface area contributed by atoms with E-state index >= 15 is 0 Å². The third kappa shape index (κ3) is 3.45. The van der Waals surface area contributed by atoms with Gasteiger partial charge in [0.15, 0.2) is 17.3 Å². The summed E-state index contributed by atoms with van der Waals surface area (Å²) in [5.41, 5.74) is 1.20. The van der Waals surface area contributed by atoms with Gasteiger partial charge in [0.1, 0.15) is 4.90 Å². The number of sulfonamides is 1. The Morgan fingerprint density at radius 1 is 1.04 bits per heavy atom. The van der Waals surface area contributed by atoms with Gasteiger partial charge in [-0.3, -0.25) is 0 Å². The predicted molar refractivity (Wildman–Crippen MR) is 102 cm³/mol. The van der Waals surface area contributed by atoms with Crippen molar-refractivity contribution in [2.45, 2.75) is 4.90 Å². The molecule has 0 saturated carbocycles.